The predicted molar refractivity (Wildman–Crippen MR) is 555 cm³/mol. The molecular weight excluding hydrogens is 1750 g/mol. The van der Waals surface area contributed by atoms with Gasteiger partial charge in [0.05, 0.1) is 68.8 Å². The van der Waals surface area contributed by atoms with E-state index in [2.05, 4.69) is 211 Å². The van der Waals surface area contributed by atoms with Gasteiger partial charge >= 0.3 is 0 Å². The molecule has 0 bridgehead atoms. The highest BCUT2D eigenvalue weighted by atomic mass is 32.1. The molecule has 0 amide bonds. The van der Waals surface area contributed by atoms with Gasteiger partial charge in [0, 0.05) is 95.0 Å². The second-order valence-electron chi connectivity index (χ2n) is 35.8. The number of benzene rings is 5. The van der Waals surface area contributed by atoms with Crippen molar-refractivity contribution in [2.45, 2.75) is 246 Å². The maximum Gasteiger partial charge on any atom is 0.270 e. The molecule has 0 aliphatic heterocycles. The number of carbonyl (C=O) groups excluding carboxylic acids is 2. The fourth-order valence-corrected chi connectivity index (χ4v) is 29.6. The van der Waals surface area contributed by atoms with Crippen molar-refractivity contribution in [2.75, 3.05) is 13.2 Å². The molecule has 16 heteroatoms. The summed E-state index contributed by atoms with van der Waals surface area (Å²) in [6.07, 6.45) is 35.1. The molecule has 4 aliphatic rings. The predicted octanol–water partition coefficient (Wildman–Crippen LogP) is 35.1. The molecule has 2 unspecified atom stereocenters. The molecule has 0 saturated heterocycles. The molecule has 0 fully saturated rings. The van der Waals surface area contributed by atoms with Gasteiger partial charge in [0.1, 0.15) is 0 Å². The van der Waals surface area contributed by atoms with Crippen molar-refractivity contribution in [3.8, 4) is 62.7 Å². The van der Waals surface area contributed by atoms with Crippen LogP contribution in [0.5, 0.6) is 10.1 Å². The first-order chi connectivity index (χ1) is 63.8. The smallest absolute Gasteiger partial charge is 0.270 e. The van der Waals surface area contributed by atoms with Crippen LogP contribution < -0.4 is 9.47 Å². The molecule has 0 spiro atoms. The monoisotopic (exact) mass is 1860 g/mol. The van der Waals surface area contributed by atoms with E-state index in [0.717, 1.165) is 257 Å². The van der Waals surface area contributed by atoms with Gasteiger partial charge in [-0.1, -0.05) is 291 Å². The Hall–Kier alpha value is -9.92. The van der Waals surface area contributed by atoms with Gasteiger partial charge in [0.2, 0.25) is 0 Å². The van der Waals surface area contributed by atoms with Crippen molar-refractivity contribution < 1.29 is 19.1 Å². The molecule has 13 aromatic rings. The number of unbranched alkanes of at least 4 members (excludes halogenated alkanes) is 14. The minimum absolute atomic E-state index is 0.0934. The molecule has 8 nitrogen and oxygen atoms in total. The Morgan fingerprint density at radius 3 is 1.04 bits per heavy atom. The largest absolute Gasteiger partial charge is 0.484 e. The first-order valence-corrected chi connectivity index (χ1v) is 54.5. The zero-order chi connectivity index (χ0) is 90.2. The summed E-state index contributed by atoms with van der Waals surface area (Å²) in [7, 11) is 0. The Kier molecular flexibility index (Phi) is 29.3. The van der Waals surface area contributed by atoms with Gasteiger partial charge < -0.3 is 9.47 Å². The summed E-state index contributed by atoms with van der Waals surface area (Å²) in [4.78, 5) is 46.5. The van der Waals surface area contributed by atoms with Crippen LogP contribution in [0.2, 0.25) is 0 Å². The van der Waals surface area contributed by atoms with Crippen LogP contribution in [0.1, 0.15) is 318 Å². The minimum atomic E-state index is -1.000. The molecule has 8 heterocycles. The van der Waals surface area contributed by atoms with Gasteiger partial charge in [0.15, 0.2) is 21.7 Å². The molecule has 0 N–H and O–H groups in total. The van der Waals surface area contributed by atoms with Gasteiger partial charge in [-0.05, 0) is 213 Å². The Morgan fingerprint density at radius 2 is 0.731 bits per heavy atom. The van der Waals surface area contributed by atoms with Crippen molar-refractivity contribution in [1.29, 1.82) is 10.5 Å². The second-order valence-corrected chi connectivity index (χ2v) is 43.6. The van der Waals surface area contributed by atoms with Crippen molar-refractivity contribution in [1.82, 2.24) is 0 Å². The van der Waals surface area contributed by atoms with Crippen LogP contribution in [-0.2, 0) is 36.5 Å². The number of Topliss-reactive ketones (excluding diaryl/α,β-unsaturated/α-hetero) is 2. The van der Waals surface area contributed by atoms with E-state index in [1.54, 1.807) is 45.3 Å². The number of aryl methyl sites for hydroxylation is 4. The Balaban J connectivity index is 1.04. The third-order valence-corrected chi connectivity index (χ3v) is 36.0. The molecule has 662 valence electrons. The molecule has 17 rings (SSSR count). The van der Waals surface area contributed by atoms with Crippen molar-refractivity contribution in [3.05, 3.63) is 299 Å². The lowest BCUT2D eigenvalue weighted by molar-refractivity contribution is 0.103. The topological polar surface area (TPSA) is 109 Å². The third-order valence-electron chi connectivity index (χ3n) is 27.6. The van der Waals surface area contributed by atoms with Gasteiger partial charge in [-0.15, -0.1) is 45.3 Å². The molecule has 0 saturated carbocycles. The fourth-order valence-electron chi connectivity index (χ4n) is 20.5. The van der Waals surface area contributed by atoms with E-state index in [4.69, 9.17) is 22.6 Å². The molecule has 4 aliphatic carbocycles. The number of carbonyl (C=O) groups is 2. The first kappa shape index (κ1) is 92.0. The Labute approximate surface area is 801 Å². The van der Waals surface area contributed by atoms with Crippen LogP contribution in [0.3, 0.4) is 0 Å². The quantitative estimate of drug-likeness (QED) is 0.0163. The number of rotatable bonds is 42. The van der Waals surface area contributed by atoms with E-state index in [1.807, 2.05) is 56.3 Å². The summed E-state index contributed by atoms with van der Waals surface area (Å²) >= 11 is 13.6. The highest BCUT2D eigenvalue weighted by molar-refractivity contribution is 7.30. The van der Waals surface area contributed by atoms with Crippen molar-refractivity contribution in [3.63, 3.8) is 0 Å². The number of ether oxygens (including phenoxy) is 2. The molecule has 2 atom stereocenters. The van der Waals surface area contributed by atoms with Gasteiger partial charge in [0.25, 0.3) is 11.4 Å². The zero-order valence-corrected chi connectivity index (χ0v) is 82.8. The summed E-state index contributed by atoms with van der Waals surface area (Å²) < 4.78 is 16.8. The highest BCUT2D eigenvalue weighted by Crippen LogP contribution is 2.71. The van der Waals surface area contributed by atoms with Crippen LogP contribution in [0.4, 0.5) is 0 Å². The van der Waals surface area contributed by atoms with Crippen LogP contribution in [0.15, 0.2) is 178 Å². The average molecular weight is 1860 g/mol. The van der Waals surface area contributed by atoms with Gasteiger partial charge in [-0.3, -0.25) is 9.59 Å². The van der Waals surface area contributed by atoms with Crippen LogP contribution >= 0.6 is 90.7 Å². The summed E-state index contributed by atoms with van der Waals surface area (Å²) in [5.74, 6) is 0.424. The van der Waals surface area contributed by atoms with E-state index in [1.165, 1.54) is 92.5 Å². The summed E-state index contributed by atoms with van der Waals surface area (Å²) in [6, 6.07) is 57.1. The number of allylic oxidation sites excluding steroid dienone is 6. The lowest BCUT2D eigenvalue weighted by atomic mass is 9.66. The standard InChI is InChI=1S/C114H114N4O4S8/c1-11-19-25-29-35-73-39-47-77(48-40-73)113(78-49-41-74(42-50-78)36-30-26-20-12-2)89-61-81(59-83-97(91(63-115)117-9)85-67-123-69-87(85)105(83)119)125-107(89)111-103(113)101-99(93-55-57-95(127-93)121-65-71(17-7)33-23-15-5)110-102(100(109(101)129-111)94-56-58-96(128-94)122-66-72(18-8)34-24-16-6)104-112(130-110)108-90(62-82(126-108)60-84-98(92(64-116)118-10)86-68-124-70-88(86)106(84)120)114(104,79-51-43-75(44-52-79)37-31-27-21-13-3)80-53-45-76(46-54-80)38-32-28-22-14-4/h39-62,67-72H,11-38,65-66H2,1-8H3/b83-59-,84-60-,97-91-,98-92+. The third kappa shape index (κ3) is 17.3. The molecule has 5 aromatic carbocycles. The number of thiophene rings is 8. The molecule has 130 heavy (non-hydrogen) atoms. The van der Waals surface area contributed by atoms with Crippen molar-refractivity contribution >= 4 is 146 Å². The SMILES string of the molecule is [C-]#[N+]/C(C#N)=C1/C(=C/c2cc3c(s2)-c2sc4c(-c5ccc(OCC(CC)CCCC)s5)c5c6c(sc5c(-c5ccc(OCC(CC)CCCC)s5)c4c2C3(c2ccc(CCCCCC)cc2)c2ccc(CCCCCC)cc2)-c2sc(/C=C3\C(=O)c4cscc4\C3=C(/C#N)[N+]#[C-])cc2C6(c2ccc(CCCCCC)cc2)c2ccc(CCCCCC)cc2)C(=O)c2cscc21. The van der Waals surface area contributed by atoms with Gasteiger partial charge in [-0.25, -0.2) is 20.2 Å². The number of fused-ring (bicyclic) bond motifs is 12. The number of nitrogens with zero attached hydrogens (tertiary/aromatic N) is 4. The van der Waals surface area contributed by atoms with Crippen LogP contribution in [0.25, 0.3) is 93.6 Å². The summed E-state index contributed by atoms with van der Waals surface area (Å²) in [6.45, 7) is 36.3. The molecule has 8 aromatic heterocycles. The fraction of sp³-hybridized carbons (Fsp3) is 0.368. The number of ketones is 2. The van der Waals surface area contributed by atoms with E-state index in [9.17, 15) is 10.5 Å². The van der Waals surface area contributed by atoms with E-state index in [-0.39, 0.29) is 23.0 Å². The normalized spacial score (nSPS) is 15.7. The second kappa shape index (κ2) is 41.5. The average Bonchev–Trinajstić information content (AvgIpc) is 1.48. The summed E-state index contributed by atoms with van der Waals surface area (Å²) in [5, 5.41) is 33.3. The van der Waals surface area contributed by atoms with Crippen LogP contribution in [0, 0.1) is 47.6 Å². The lowest BCUT2D eigenvalue weighted by Crippen LogP contribution is -2.29. The number of hydrogen-bond donors (Lipinski definition) is 0. The highest BCUT2D eigenvalue weighted by Gasteiger charge is 2.55. The number of nitriles is 2. The van der Waals surface area contributed by atoms with E-state index < -0.39 is 10.8 Å². The minimum Gasteiger partial charge on any atom is -0.484 e. The van der Waals surface area contributed by atoms with E-state index in [0.29, 0.717) is 69.6 Å². The molecular formula is C114H114N4O4S8. The maximum atomic E-state index is 15.2. The van der Waals surface area contributed by atoms with Crippen molar-refractivity contribution in [2.24, 2.45) is 11.8 Å². The lowest BCUT2D eigenvalue weighted by Gasteiger charge is -2.35. The van der Waals surface area contributed by atoms with Crippen LogP contribution in [-0.4, -0.2) is 24.8 Å². The number of hydrogen-bond acceptors (Lipinski definition) is 14. The Bertz CT molecular complexity index is 6110. The maximum absolute atomic E-state index is 15.2. The zero-order valence-electron chi connectivity index (χ0n) is 76.2. The first-order valence-electron chi connectivity index (χ1n) is 47.7. The van der Waals surface area contributed by atoms with E-state index >= 15 is 9.59 Å². The van der Waals surface area contributed by atoms with Gasteiger partial charge in [-0.2, -0.15) is 22.7 Å². The Morgan fingerprint density at radius 1 is 0.400 bits per heavy atom. The molecule has 0 radical (unpaired) electrons. The summed E-state index contributed by atoms with van der Waals surface area (Å²) in [5.41, 5.74) is 18.4.